The van der Waals surface area contributed by atoms with Crippen molar-refractivity contribution in [1.82, 2.24) is 34.0 Å². The molecule has 0 saturated carbocycles. The fourth-order valence-corrected chi connectivity index (χ4v) is 7.27. The van der Waals surface area contributed by atoms with Gasteiger partial charge in [0.05, 0.1) is 35.3 Å². The lowest BCUT2D eigenvalue weighted by Crippen LogP contribution is -2.51. The zero-order chi connectivity index (χ0) is 37.6. The van der Waals surface area contributed by atoms with Gasteiger partial charge in [0.1, 0.15) is 18.6 Å². The van der Waals surface area contributed by atoms with Gasteiger partial charge in [-0.25, -0.2) is 9.97 Å². The number of rotatable bonds is 8. The van der Waals surface area contributed by atoms with E-state index in [0.29, 0.717) is 30.9 Å². The maximum atomic E-state index is 14.3. The van der Waals surface area contributed by atoms with Crippen LogP contribution in [-0.2, 0) is 35.7 Å². The van der Waals surface area contributed by atoms with E-state index in [4.69, 9.17) is 21.3 Å². The highest BCUT2D eigenvalue weighted by atomic mass is 35.5. The van der Waals surface area contributed by atoms with Gasteiger partial charge in [-0.3, -0.25) is 14.4 Å². The third-order valence-electron chi connectivity index (χ3n) is 8.98. The zero-order valence-electron chi connectivity index (χ0n) is 28.3. The van der Waals surface area contributed by atoms with E-state index < -0.39 is 22.9 Å². The number of anilines is 2. The van der Waals surface area contributed by atoms with Crippen molar-refractivity contribution in [2.45, 2.75) is 50.4 Å². The molecule has 2 N–H and O–H groups in total. The molecule has 5 heterocycles. The van der Waals surface area contributed by atoms with Crippen LogP contribution < -0.4 is 15.8 Å². The summed E-state index contributed by atoms with van der Waals surface area (Å²) in [5.74, 6) is -0.999. The number of aryl methyl sites for hydroxylation is 1. The van der Waals surface area contributed by atoms with Crippen LogP contribution in [-0.4, -0.2) is 82.6 Å². The second-order valence-electron chi connectivity index (χ2n) is 12.3. The third kappa shape index (κ3) is 7.25. The van der Waals surface area contributed by atoms with Gasteiger partial charge in [0.2, 0.25) is 11.7 Å². The lowest BCUT2D eigenvalue weighted by molar-refractivity contribution is -0.116. The molecule has 0 aliphatic carbocycles. The normalized spacial score (nSPS) is 14.5. The number of alkyl halides is 3. The standard InChI is InChI=1S/C34H31ClF3N9O5S/c1-3-25-28(44-8-10-45(11-9-44)31(50)27-29(49)18(2)39-17-40-27)32(51)47-33(42-30(43-47)19-4-5-20-15-52-16-21(20)12-19)46(25)14-26(48)41-24-7-6-22(13-23(24)35)53-34(36,37)38/h4-7,12-13,17,49H,3,8-11,14-16H2,1-2H3,(H,41,48). The summed E-state index contributed by atoms with van der Waals surface area (Å²) < 4.78 is 47.0. The molecule has 1 fully saturated rings. The van der Waals surface area contributed by atoms with Gasteiger partial charge in [0.25, 0.3) is 11.5 Å². The first-order valence-electron chi connectivity index (χ1n) is 16.4. The van der Waals surface area contributed by atoms with E-state index in [0.717, 1.165) is 21.7 Å². The molecule has 2 aliphatic rings. The van der Waals surface area contributed by atoms with E-state index >= 15 is 0 Å². The number of benzene rings is 2. The fraction of sp³-hybridized carbons (Fsp3) is 0.324. The lowest BCUT2D eigenvalue weighted by atomic mass is 10.1. The first-order chi connectivity index (χ1) is 25.3. The predicted octanol–water partition coefficient (Wildman–Crippen LogP) is 4.82. The number of nitrogens with zero attached hydrogens (tertiary/aromatic N) is 8. The Morgan fingerprint density at radius 1 is 1.06 bits per heavy atom. The zero-order valence-corrected chi connectivity index (χ0v) is 29.8. The largest absolute Gasteiger partial charge is 0.504 e. The summed E-state index contributed by atoms with van der Waals surface area (Å²) >= 11 is 5.95. The first-order valence-corrected chi connectivity index (χ1v) is 17.6. The Bertz CT molecular complexity index is 2330. The van der Waals surface area contributed by atoms with Gasteiger partial charge < -0.3 is 29.5 Å². The van der Waals surface area contributed by atoms with Gasteiger partial charge in [-0.05, 0) is 60.5 Å². The number of nitrogens with one attached hydrogen (secondary N) is 1. The second-order valence-corrected chi connectivity index (χ2v) is 13.9. The van der Waals surface area contributed by atoms with Crippen molar-refractivity contribution in [2.75, 3.05) is 36.4 Å². The summed E-state index contributed by atoms with van der Waals surface area (Å²) in [4.78, 5) is 57.0. The molecule has 5 aromatic rings. The Kier molecular flexibility index (Phi) is 9.77. The molecule has 14 nitrogen and oxygen atoms in total. The minimum Gasteiger partial charge on any atom is -0.504 e. The number of hydrogen-bond acceptors (Lipinski definition) is 11. The minimum atomic E-state index is -4.51. The molecule has 0 atom stereocenters. The molecule has 7 rings (SSSR count). The Hall–Kier alpha value is -5.20. The predicted molar refractivity (Wildman–Crippen MR) is 189 cm³/mol. The van der Waals surface area contributed by atoms with Gasteiger partial charge in [0.15, 0.2) is 17.3 Å². The van der Waals surface area contributed by atoms with E-state index in [2.05, 4.69) is 20.4 Å². The minimum absolute atomic E-state index is 0.0859. The van der Waals surface area contributed by atoms with Gasteiger partial charge in [-0.1, -0.05) is 30.7 Å². The highest BCUT2D eigenvalue weighted by molar-refractivity contribution is 8.00. The van der Waals surface area contributed by atoms with Crippen LogP contribution in [0, 0.1) is 6.92 Å². The van der Waals surface area contributed by atoms with Gasteiger partial charge in [-0.15, -0.1) is 5.10 Å². The molecular formula is C34H31ClF3N9O5S. The van der Waals surface area contributed by atoms with Crippen LogP contribution in [0.2, 0.25) is 5.02 Å². The van der Waals surface area contributed by atoms with E-state index in [-0.39, 0.29) is 94.5 Å². The van der Waals surface area contributed by atoms with Crippen LogP contribution >= 0.6 is 23.4 Å². The number of ether oxygens (including phenoxy) is 1. The van der Waals surface area contributed by atoms with Gasteiger partial charge in [-0.2, -0.15) is 22.7 Å². The average molecular weight is 770 g/mol. The molecule has 0 spiro atoms. The van der Waals surface area contributed by atoms with E-state index in [1.807, 2.05) is 30.0 Å². The van der Waals surface area contributed by atoms with Crippen LogP contribution in [0.4, 0.5) is 24.5 Å². The topological polar surface area (TPSA) is 160 Å². The fourth-order valence-electron chi connectivity index (χ4n) is 6.40. The third-order valence-corrected chi connectivity index (χ3v) is 10.0. The molecule has 3 aromatic heterocycles. The van der Waals surface area contributed by atoms with Gasteiger partial charge >= 0.3 is 5.51 Å². The number of aromatic hydroxyl groups is 1. The SMILES string of the molecule is CCc1c(N2CCN(C(=O)c3ncnc(C)c3O)CC2)c(=O)n2nc(-c3ccc4c(c3)COC4)nc2n1CC(=O)Nc1ccc(SC(F)(F)F)cc1Cl. The number of thioether (sulfide) groups is 1. The maximum Gasteiger partial charge on any atom is 0.446 e. The Balaban J connectivity index is 1.24. The number of carbonyl (C=O) groups excluding carboxylic acids is 2. The van der Waals surface area contributed by atoms with Crippen LogP contribution in [0.5, 0.6) is 5.75 Å². The number of hydrogen-bond donors (Lipinski definition) is 2. The van der Waals surface area contributed by atoms with Crippen molar-refractivity contribution >= 4 is 52.3 Å². The summed E-state index contributed by atoms with van der Waals surface area (Å²) in [5, 5.41) is 17.6. The lowest BCUT2D eigenvalue weighted by Gasteiger charge is -2.36. The molecule has 0 radical (unpaired) electrons. The number of piperazine rings is 1. The molecule has 2 aromatic carbocycles. The summed E-state index contributed by atoms with van der Waals surface area (Å²) in [6.45, 7) is 4.83. The smallest absolute Gasteiger partial charge is 0.446 e. The van der Waals surface area contributed by atoms with Crippen molar-refractivity contribution in [3.8, 4) is 17.1 Å². The molecule has 1 saturated heterocycles. The molecule has 53 heavy (non-hydrogen) atoms. The second kappa shape index (κ2) is 14.3. The van der Waals surface area contributed by atoms with Gasteiger partial charge in [0, 0.05) is 36.6 Å². The Labute approximate surface area is 308 Å². The molecule has 0 unspecified atom stereocenters. The number of amides is 2. The van der Waals surface area contributed by atoms with Crippen LogP contribution in [0.3, 0.4) is 0 Å². The van der Waals surface area contributed by atoms with Crippen LogP contribution in [0.25, 0.3) is 17.2 Å². The summed E-state index contributed by atoms with van der Waals surface area (Å²) in [5.41, 5.74) is -1.32. The van der Waals surface area contributed by atoms with Crippen molar-refractivity contribution < 1.29 is 32.6 Å². The van der Waals surface area contributed by atoms with E-state index in [1.165, 1.54) is 23.4 Å². The van der Waals surface area contributed by atoms with E-state index in [9.17, 15) is 32.7 Å². The Morgan fingerprint density at radius 2 is 1.81 bits per heavy atom. The highest BCUT2D eigenvalue weighted by Gasteiger charge is 2.32. The summed E-state index contributed by atoms with van der Waals surface area (Å²) in [6, 6.07) is 9.26. The number of fused-ring (bicyclic) bond motifs is 2. The first kappa shape index (κ1) is 36.2. The number of aromatic nitrogens is 6. The van der Waals surface area contributed by atoms with Crippen molar-refractivity contribution in [2.24, 2.45) is 0 Å². The molecular weight excluding hydrogens is 739 g/mol. The summed E-state index contributed by atoms with van der Waals surface area (Å²) in [7, 11) is 0. The number of carbonyl (C=O) groups is 2. The quantitative estimate of drug-likeness (QED) is 0.208. The maximum absolute atomic E-state index is 14.3. The summed E-state index contributed by atoms with van der Waals surface area (Å²) in [6.07, 6.45) is 1.50. The molecule has 2 amide bonds. The molecule has 19 heteroatoms. The van der Waals surface area contributed by atoms with Crippen molar-refractivity contribution in [3.63, 3.8) is 0 Å². The molecule has 276 valence electrons. The Morgan fingerprint density at radius 3 is 2.53 bits per heavy atom. The van der Waals surface area contributed by atoms with E-state index in [1.54, 1.807) is 11.5 Å². The highest BCUT2D eigenvalue weighted by Crippen LogP contribution is 2.39. The van der Waals surface area contributed by atoms with Crippen LogP contribution in [0.15, 0.2) is 52.4 Å². The van der Waals surface area contributed by atoms with Crippen LogP contribution in [0.1, 0.15) is 39.9 Å². The monoisotopic (exact) mass is 769 g/mol. The number of halogens is 4. The van der Waals surface area contributed by atoms with Crippen molar-refractivity contribution in [3.05, 3.63) is 86.3 Å². The van der Waals surface area contributed by atoms with Crippen molar-refractivity contribution in [1.29, 1.82) is 0 Å². The average Bonchev–Trinajstić information content (AvgIpc) is 3.79. The molecule has 2 aliphatic heterocycles. The molecule has 0 bridgehead atoms.